The van der Waals surface area contributed by atoms with Crippen LogP contribution in [-0.4, -0.2) is 55.8 Å². The number of hydrogen-bond donors (Lipinski definition) is 1. The molecular formula is C16H20N2O5. The van der Waals surface area contributed by atoms with Gasteiger partial charge < -0.3 is 19.7 Å². The number of Topliss-reactive ketones (excluding diaryl/α,β-unsaturated/α-hetero) is 1. The Hall–Kier alpha value is -2.57. The van der Waals surface area contributed by atoms with E-state index in [0.29, 0.717) is 37.4 Å². The molecule has 1 saturated heterocycles. The van der Waals surface area contributed by atoms with Gasteiger partial charge in [-0.1, -0.05) is 0 Å². The van der Waals surface area contributed by atoms with E-state index in [0.717, 1.165) is 0 Å². The van der Waals surface area contributed by atoms with Gasteiger partial charge in [0.15, 0.2) is 6.61 Å². The van der Waals surface area contributed by atoms with Crippen LogP contribution in [0, 0.1) is 0 Å². The van der Waals surface area contributed by atoms with Crippen LogP contribution in [0.1, 0.15) is 12.8 Å². The van der Waals surface area contributed by atoms with Crippen LogP contribution in [0.2, 0.25) is 0 Å². The highest BCUT2D eigenvalue weighted by atomic mass is 16.5. The Balaban J connectivity index is 1.68. The molecule has 2 rings (SSSR count). The Morgan fingerprint density at radius 1 is 1.13 bits per heavy atom. The van der Waals surface area contributed by atoms with Gasteiger partial charge in [-0.25, -0.2) is 0 Å². The van der Waals surface area contributed by atoms with Gasteiger partial charge in [0.05, 0.1) is 13.7 Å². The van der Waals surface area contributed by atoms with E-state index in [1.807, 2.05) is 0 Å². The van der Waals surface area contributed by atoms with Gasteiger partial charge in [-0.2, -0.15) is 0 Å². The van der Waals surface area contributed by atoms with Crippen molar-refractivity contribution in [3.8, 4) is 11.5 Å². The molecule has 1 heterocycles. The number of likely N-dealkylation sites (tertiary alicyclic amines) is 1. The first-order valence-corrected chi connectivity index (χ1v) is 7.41. The van der Waals surface area contributed by atoms with Crippen LogP contribution in [0.4, 0.5) is 0 Å². The molecular weight excluding hydrogens is 300 g/mol. The summed E-state index contributed by atoms with van der Waals surface area (Å²) < 4.78 is 10.3. The summed E-state index contributed by atoms with van der Waals surface area (Å²) in [5.41, 5.74) is 0. The Morgan fingerprint density at radius 3 is 2.35 bits per heavy atom. The van der Waals surface area contributed by atoms with Gasteiger partial charge in [0.1, 0.15) is 17.3 Å². The second-order valence-corrected chi connectivity index (χ2v) is 5.16. The van der Waals surface area contributed by atoms with Gasteiger partial charge in [-0.3, -0.25) is 14.4 Å². The van der Waals surface area contributed by atoms with Gasteiger partial charge >= 0.3 is 0 Å². The minimum Gasteiger partial charge on any atom is -0.497 e. The number of ether oxygens (including phenoxy) is 2. The molecule has 0 unspecified atom stereocenters. The topological polar surface area (TPSA) is 84.9 Å². The molecule has 0 aliphatic carbocycles. The molecule has 1 aliphatic rings. The molecule has 0 radical (unpaired) electrons. The average Bonchev–Trinajstić information content (AvgIpc) is 2.59. The first-order chi connectivity index (χ1) is 11.1. The second kappa shape index (κ2) is 8.17. The zero-order chi connectivity index (χ0) is 16.7. The van der Waals surface area contributed by atoms with E-state index in [4.69, 9.17) is 9.47 Å². The second-order valence-electron chi connectivity index (χ2n) is 5.16. The van der Waals surface area contributed by atoms with Crippen molar-refractivity contribution in [2.24, 2.45) is 0 Å². The Bertz CT molecular complexity index is 560. The SMILES string of the molecule is COc1ccc(OCC(=O)NCC(=O)N2CCC(=O)CC2)cc1. The summed E-state index contributed by atoms with van der Waals surface area (Å²) in [7, 11) is 1.57. The molecule has 1 aromatic carbocycles. The lowest BCUT2D eigenvalue weighted by Crippen LogP contribution is -2.44. The number of nitrogens with one attached hydrogen (secondary N) is 1. The highest BCUT2D eigenvalue weighted by Gasteiger charge is 2.20. The number of carbonyl (C=O) groups excluding carboxylic acids is 3. The molecule has 124 valence electrons. The molecule has 7 heteroatoms. The lowest BCUT2D eigenvalue weighted by Gasteiger charge is -2.26. The lowest BCUT2D eigenvalue weighted by atomic mass is 10.1. The zero-order valence-corrected chi connectivity index (χ0v) is 13.0. The van der Waals surface area contributed by atoms with Crippen LogP contribution < -0.4 is 14.8 Å². The molecule has 0 spiro atoms. The third-order valence-electron chi connectivity index (χ3n) is 3.54. The molecule has 7 nitrogen and oxygen atoms in total. The van der Waals surface area contributed by atoms with Crippen molar-refractivity contribution < 1.29 is 23.9 Å². The summed E-state index contributed by atoms with van der Waals surface area (Å²) in [5.74, 6) is 0.859. The van der Waals surface area contributed by atoms with Crippen molar-refractivity contribution in [1.29, 1.82) is 0 Å². The fourth-order valence-electron chi connectivity index (χ4n) is 2.16. The lowest BCUT2D eigenvalue weighted by molar-refractivity contribution is -0.136. The number of piperidine rings is 1. The van der Waals surface area contributed by atoms with E-state index in [9.17, 15) is 14.4 Å². The number of rotatable bonds is 6. The van der Waals surface area contributed by atoms with Gasteiger partial charge in [-0.05, 0) is 24.3 Å². The third-order valence-corrected chi connectivity index (χ3v) is 3.54. The van der Waals surface area contributed by atoms with Crippen LogP contribution in [0.3, 0.4) is 0 Å². The van der Waals surface area contributed by atoms with Crippen molar-refractivity contribution in [3.63, 3.8) is 0 Å². The van der Waals surface area contributed by atoms with E-state index in [1.54, 1.807) is 36.3 Å². The number of benzene rings is 1. The number of hydrogen-bond acceptors (Lipinski definition) is 5. The number of methoxy groups -OCH3 is 1. The Labute approximate surface area is 134 Å². The molecule has 1 aliphatic heterocycles. The Morgan fingerprint density at radius 2 is 1.74 bits per heavy atom. The molecule has 0 atom stereocenters. The minimum atomic E-state index is -0.373. The van der Waals surface area contributed by atoms with Crippen molar-refractivity contribution in [2.75, 3.05) is 33.4 Å². The average molecular weight is 320 g/mol. The smallest absolute Gasteiger partial charge is 0.258 e. The minimum absolute atomic E-state index is 0.0843. The molecule has 1 aromatic rings. The van der Waals surface area contributed by atoms with Gasteiger partial charge in [0.25, 0.3) is 5.91 Å². The Kier molecular flexibility index (Phi) is 5.96. The standard InChI is InChI=1S/C16H20N2O5/c1-22-13-2-4-14(5-3-13)23-11-15(20)17-10-16(21)18-8-6-12(19)7-9-18/h2-5H,6-11H2,1H3,(H,17,20). The van der Waals surface area contributed by atoms with Crippen LogP contribution in [0.25, 0.3) is 0 Å². The molecule has 0 aromatic heterocycles. The molecule has 1 N–H and O–H groups in total. The van der Waals surface area contributed by atoms with Crippen molar-refractivity contribution in [1.82, 2.24) is 10.2 Å². The van der Waals surface area contributed by atoms with E-state index >= 15 is 0 Å². The molecule has 0 saturated carbocycles. The van der Waals surface area contributed by atoms with Crippen LogP contribution >= 0.6 is 0 Å². The third kappa shape index (κ3) is 5.28. The summed E-state index contributed by atoms with van der Waals surface area (Å²) in [6, 6.07) is 6.85. The maximum Gasteiger partial charge on any atom is 0.258 e. The number of amides is 2. The maximum absolute atomic E-state index is 11.9. The number of ketones is 1. The zero-order valence-electron chi connectivity index (χ0n) is 13.0. The quantitative estimate of drug-likeness (QED) is 0.819. The first-order valence-electron chi connectivity index (χ1n) is 7.41. The highest BCUT2D eigenvalue weighted by Crippen LogP contribution is 2.16. The monoisotopic (exact) mass is 320 g/mol. The van der Waals surface area contributed by atoms with Crippen LogP contribution in [0.5, 0.6) is 11.5 Å². The summed E-state index contributed by atoms with van der Waals surface area (Å²) in [6.45, 7) is 0.600. The van der Waals surface area contributed by atoms with Crippen LogP contribution in [-0.2, 0) is 14.4 Å². The predicted molar refractivity (Wildman–Crippen MR) is 82.3 cm³/mol. The summed E-state index contributed by atoms with van der Waals surface area (Å²) >= 11 is 0. The maximum atomic E-state index is 11.9. The number of nitrogens with zero attached hydrogens (tertiary/aromatic N) is 1. The van der Waals surface area contributed by atoms with E-state index in [2.05, 4.69) is 5.32 Å². The van der Waals surface area contributed by atoms with Gasteiger partial charge in [0.2, 0.25) is 5.91 Å². The molecule has 0 bridgehead atoms. The van der Waals surface area contributed by atoms with Crippen molar-refractivity contribution in [2.45, 2.75) is 12.8 Å². The predicted octanol–water partition coefficient (Wildman–Crippen LogP) is 0.382. The molecule has 2 amide bonds. The van der Waals surface area contributed by atoms with E-state index in [1.165, 1.54) is 0 Å². The summed E-state index contributed by atoms with van der Waals surface area (Å²) in [5, 5.41) is 2.52. The largest absolute Gasteiger partial charge is 0.497 e. The van der Waals surface area contributed by atoms with E-state index < -0.39 is 0 Å². The van der Waals surface area contributed by atoms with E-state index in [-0.39, 0.29) is 30.7 Å². The fraction of sp³-hybridized carbons (Fsp3) is 0.438. The fourth-order valence-corrected chi connectivity index (χ4v) is 2.16. The van der Waals surface area contributed by atoms with Crippen molar-refractivity contribution in [3.05, 3.63) is 24.3 Å². The van der Waals surface area contributed by atoms with Gasteiger partial charge in [0, 0.05) is 25.9 Å². The van der Waals surface area contributed by atoms with Crippen molar-refractivity contribution >= 4 is 17.6 Å². The number of carbonyl (C=O) groups is 3. The summed E-state index contributed by atoms with van der Waals surface area (Å²) in [4.78, 5) is 36.3. The van der Waals surface area contributed by atoms with Crippen LogP contribution in [0.15, 0.2) is 24.3 Å². The molecule has 1 fully saturated rings. The normalized spacial score (nSPS) is 14.3. The van der Waals surface area contributed by atoms with Gasteiger partial charge in [-0.15, -0.1) is 0 Å². The first kappa shape index (κ1) is 16.8. The summed E-state index contributed by atoms with van der Waals surface area (Å²) in [6.07, 6.45) is 0.778. The highest BCUT2D eigenvalue weighted by molar-refractivity contribution is 5.87. The molecule has 23 heavy (non-hydrogen) atoms.